The van der Waals surface area contributed by atoms with E-state index >= 15 is 0 Å². The summed E-state index contributed by atoms with van der Waals surface area (Å²) in [6.07, 6.45) is 8.47. The van der Waals surface area contributed by atoms with Crippen molar-refractivity contribution < 1.29 is 44.7 Å². The third-order valence-corrected chi connectivity index (χ3v) is 3.59. The van der Waals surface area contributed by atoms with Crippen molar-refractivity contribution in [2.24, 2.45) is 11.8 Å². The monoisotopic (exact) mass is 402 g/mol. The first-order chi connectivity index (χ1) is 11.6. The van der Waals surface area contributed by atoms with E-state index in [0.29, 0.717) is 0 Å². The largest absolute Gasteiger partial charge is 0.481 e. The lowest BCUT2D eigenvalue weighted by molar-refractivity contribution is -0.145. The Morgan fingerprint density at radius 2 is 1.04 bits per heavy atom. The van der Waals surface area contributed by atoms with Gasteiger partial charge in [0.15, 0.2) is 0 Å². The minimum atomic E-state index is -3.11. The van der Waals surface area contributed by atoms with Crippen LogP contribution in [0.3, 0.4) is 0 Å². The average molecular weight is 402 g/mol. The summed E-state index contributed by atoms with van der Waals surface area (Å²) >= 11 is 0. The topological polar surface area (TPSA) is 166 Å². The number of carboxylic acids is 1. The van der Waals surface area contributed by atoms with E-state index < -0.39 is 27.2 Å². The molecule has 0 aliphatic heterocycles. The van der Waals surface area contributed by atoms with E-state index in [1.165, 1.54) is 20.0 Å². The van der Waals surface area contributed by atoms with E-state index in [2.05, 4.69) is 4.74 Å². The van der Waals surface area contributed by atoms with E-state index in [1.54, 1.807) is 0 Å². The highest BCUT2D eigenvalue weighted by molar-refractivity contribution is 7.59. The van der Waals surface area contributed by atoms with Crippen molar-refractivity contribution in [2.45, 2.75) is 51.4 Å². The van der Waals surface area contributed by atoms with Crippen LogP contribution in [-0.4, -0.2) is 49.4 Å². The molecule has 146 valence electrons. The first-order valence-electron chi connectivity index (χ1n) is 7.45. The molecule has 12 heteroatoms. The van der Waals surface area contributed by atoms with Gasteiger partial charge in [0, 0.05) is 0 Å². The number of hydrogen-bond acceptors (Lipinski definition) is 9. The normalized spacial score (nSPS) is 16.0. The molecule has 0 saturated heterocycles. The molecule has 0 bridgehead atoms. The zero-order valence-electron chi connectivity index (χ0n) is 13.7. The van der Waals surface area contributed by atoms with Crippen LogP contribution in [0.4, 0.5) is 0 Å². The third kappa shape index (κ3) is 18.4. The van der Waals surface area contributed by atoms with Gasteiger partial charge in [0.1, 0.15) is 0 Å². The predicted octanol–water partition coefficient (Wildman–Crippen LogP) is 0.603. The first-order valence-corrected chi connectivity index (χ1v) is 9.45. The molecule has 1 N–H and O–H groups in total. The maximum absolute atomic E-state index is 10.8. The van der Waals surface area contributed by atoms with Gasteiger partial charge in [0.2, 0.25) is 0 Å². The van der Waals surface area contributed by atoms with Crippen LogP contribution in [0.1, 0.15) is 51.4 Å². The van der Waals surface area contributed by atoms with Gasteiger partial charge < -0.3 is 9.84 Å². The van der Waals surface area contributed by atoms with Crippen LogP contribution in [0.2, 0.25) is 0 Å². The van der Waals surface area contributed by atoms with Gasteiger partial charge in [0.25, 0.3) is 0 Å². The van der Waals surface area contributed by atoms with Crippen molar-refractivity contribution in [1.29, 1.82) is 0 Å². The van der Waals surface area contributed by atoms with Gasteiger partial charge in [-0.3, -0.25) is 9.59 Å². The van der Waals surface area contributed by atoms with Crippen LogP contribution >= 0.6 is 0 Å². The number of carbonyl (C=O) groups is 2. The molecule has 0 aromatic carbocycles. The minimum Gasteiger partial charge on any atom is -0.481 e. The molecule has 2 aliphatic carbocycles. The van der Waals surface area contributed by atoms with E-state index in [4.69, 9.17) is 30.4 Å². The zero-order chi connectivity index (χ0) is 19.8. The van der Waals surface area contributed by atoms with E-state index in [0.717, 1.165) is 38.5 Å². The molecule has 2 rings (SSSR count). The van der Waals surface area contributed by atoms with Gasteiger partial charge in [0.05, 0.1) is 18.9 Å². The van der Waals surface area contributed by atoms with Crippen LogP contribution in [0.5, 0.6) is 0 Å². The van der Waals surface area contributed by atoms with Gasteiger partial charge in [-0.1, -0.05) is 25.7 Å². The molecule has 0 aromatic heterocycles. The number of rotatable bonds is 2. The summed E-state index contributed by atoms with van der Waals surface area (Å²) < 4.78 is 55.3. The number of carbonyl (C=O) groups excluding carboxylic acids is 1. The van der Waals surface area contributed by atoms with Crippen LogP contribution < -0.4 is 0 Å². The van der Waals surface area contributed by atoms with Crippen molar-refractivity contribution >= 4 is 33.2 Å². The Morgan fingerprint density at radius 1 is 0.760 bits per heavy atom. The molecule has 10 nitrogen and oxygen atoms in total. The van der Waals surface area contributed by atoms with E-state index in [1.807, 2.05) is 0 Å². The third-order valence-electron chi connectivity index (χ3n) is 3.59. The van der Waals surface area contributed by atoms with Crippen molar-refractivity contribution in [1.82, 2.24) is 0 Å². The number of ether oxygens (including phenoxy) is 1. The second kappa shape index (κ2) is 15.7. The molecule has 2 fully saturated rings. The van der Waals surface area contributed by atoms with E-state index in [-0.39, 0.29) is 17.8 Å². The fraction of sp³-hybridized carbons (Fsp3) is 0.846. The second-order valence-electron chi connectivity index (χ2n) is 5.23. The highest BCUT2D eigenvalue weighted by Gasteiger charge is 2.22. The molecule has 0 unspecified atom stereocenters. The molecule has 0 aromatic rings. The Labute approximate surface area is 148 Å². The minimum absolute atomic E-state index is 0.0185. The molecule has 0 heterocycles. The first kappa shape index (κ1) is 25.4. The molecular formula is C13H22O10S2. The maximum atomic E-state index is 10.8. The molecular weight excluding hydrogens is 380 g/mol. The number of esters is 1. The van der Waals surface area contributed by atoms with Crippen LogP contribution in [0.25, 0.3) is 0 Å². The fourth-order valence-electron chi connectivity index (χ4n) is 2.50. The Hall–Kier alpha value is -1.82. The van der Waals surface area contributed by atoms with Gasteiger partial charge in [-0.2, -0.15) is 0 Å². The second-order valence-corrected chi connectivity index (χ2v) is 6.05. The van der Waals surface area contributed by atoms with Crippen LogP contribution in [-0.2, 0) is 35.5 Å². The van der Waals surface area contributed by atoms with Gasteiger partial charge in [-0.15, -0.1) is 25.3 Å². The summed E-state index contributed by atoms with van der Waals surface area (Å²) in [7, 11) is -4.76. The standard InChI is InChI=1S/C7H12O2.C6H10O2.2O3S/c1-9-7(8)6-4-2-3-5-6;7-6(8)5-3-1-2-4-5;2*1-4(2)3/h6H,2-5H2,1H3;5H,1-4H2,(H,7,8);;. The molecule has 0 atom stereocenters. The zero-order valence-corrected chi connectivity index (χ0v) is 15.4. The molecule has 25 heavy (non-hydrogen) atoms. The lowest BCUT2D eigenvalue weighted by Crippen LogP contribution is -2.11. The number of aliphatic carboxylic acids is 1. The molecule has 0 spiro atoms. The van der Waals surface area contributed by atoms with Gasteiger partial charge in [-0.05, 0) is 25.7 Å². The van der Waals surface area contributed by atoms with Crippen molar-refractivity contribution in [3.8, 4) is 0 Å². The maximum Gasteiger partial charge on any atom is 0.425 e. The summed E-state index contributed by atoms with van der Waals surface area (Å²) in [6.45, 7) is 0. The Kier molecular flexibility index (Phi) is 16.0. The van der Waals surface area contributed by atoms with Crippen LogP contribution in [0.15, 0.2) is 0 Å². The van der Waals surface area contributed by atoms with Crippen molar-refractivity contribution in [3.63, 3.8) is 0 Å². The summed E-state index contributed by atoms with van der Waals surface area (Å²) in [4.78, 5) is 21.0. The van der Waals surface area contributed by atoms with Crippen molar-refractivity contribution in [2.75, 3.05) is 7.11 Å². The summed E-state index contributed by atoms with van der Waals surface area (Å²) in [6, 6.07) is 0. The SMILES string of the molecule is COC(=O)C1CCCC1.O=C(O)C1CCCC1.O=S(=O)=O.O=S(=O)=O. The molecule has 0 amide bonds. The van der Waals surface area contributed by atoms with Gasteiger partial charge in [-0.25, -0.2) is 0 Å². The smallest absolute Gasteiger partial charge is 0.425 e. The molecule has 2 saturated carbocycles. The highest BCUT2D eigenvalue weighted by Crippen LogP contribution is 2.25. The summed E-state index contributed by atoms with van der Waals surface area (Å²) in [5.41, 5.74) is 0. The fourth-order valence-corrected chi connectivity index (χ4v) is 2.50. The van der Waals surface area contributed by atoms with Crippen molar-refractivity contribution in [3.05, 3.63) is 0 Å². The average Bonchev–Trinajstić information content (AvgIpc) is 3.19. The van der Waals surface area contributed by atoms with Crippen LogP contribution in [0, 0.1) is 11.8 Å². The van der Waals surface area contributed by atoms with E-state index in [9.17, 15) is 9.59 Å². The Bertz CT molecular complexity index is 552. The highest BCUT2D eigenvalue weighted by atomic mass is 32.2. The molecule has 2 aliphatic rings. The Morgan fingerprint density at radius 3 is 1.24 bits per heavy atom. The summed E-state index contributed by atoms with van der Waals surface area (Å²) in [5, 5.41) is 8.41. The summed E-state index contributed by atoms with van der Waals surface area (Å²) in [5.74, 6) is -0.431. The number of carboxylic acid groups (broad SMARTS) is 1. The number of methoxy groups -OCH3 is 1. The van der Waals surface area contributed by atoms with Gasteiger partial charge >= 0.3 is 33.2 Å². The molecule has 0 radical (unpaired) electrons. The lowest BCUT2D eigenvalue weighted by atomic mass is 10.1. The lowest BCUT2D eigenvalue weighted by Gasteiger charge is -2.03. The quantitative estimate of drug-likeness (QED) is 0.646. The number of hydrogen-bond donors (Lipinski definition) is 1. The Balaban J connectivity index is 0. The predicted molar refractivity (Wildman–Crippen MR) is 83.0 cm³/mol.